The molecule has 1 heterocycles. The first-order chi connectivity index (χ1) is 12.3. The molecule has 26 heavy (non-hydrogen) atoms. The summed E-state index contributed by atoms with van der Waals surface area (Å²) in [5.41, 5.74) is 7.24. The molecule has 3 N–H and O–H groups in total. The second kappa shape index (κ2) is 8.39. The summed E-state index contributed by atoms with van der Waals surface area (Å²) in [6.07, 6.45) is 0. The molecule has 0 fully saturated rings. The van der Waals surface area contributed by atoms with Crippen molar-refractivity contribution in [1.29, 1.82) is 0 Å². The number of anilines is 3. The SMILES string of the molecule is CCN(CC)c1ccc(N=Nc2sc(N)cc2[N+](=O)[O-])c(NC(C)=O)c1. The second-order valence-electron chi connectivity index (χ2n) is 5.35. The lowest BCUT2D eigenvalue weighted by atomic mass is 10.2. The van der Waals surface area contributed by atoms with Crippen molar-refractivity contribution in [3.8, 4) is 0 Å². The maximum absolute atomic E-state index is 11.5. The average Bonchev–Trinajstić information content (AvgIpc) is 2.96. The van der Waals surface area contributed by atoms with Crippen LogP contribution in [0, 0.1) is 10.1 Å². The quantitative estimate of drug-likeness (QED) is 0.419. The summed E-state index contributed by atoms with van der Waals surface area (Å²) < 4.78 is 0. The molecule has 0 aliphatic heterocycles. The first-order valence-corrected chi connectivity index (χ1v) is 8.79. The van der Waals surface area contributed by atoms with Gasteiger partial charge in [-0.2, -0.15) is 0 Å². The van der Waals surface area contributed by atoms with Crippen LogP contribution < -0.4 is 16.0 Å². The predicted octanol–water partition coefficient (Wildman–Crippen LogP) is 4.46. The largest absolute Gasteiger partial charge is 0.390 e. The Morgan fingerprint density at radius 2 is 2.00 bits per heavy atom. The fourth-order valence-electron chi connectivity index (χ4n) is 2.38. The van der Waals surface area contributed by atoms with Crippen LogP contribution in [0.3, 0.4) is 0 Å². The Kier molecular flexibility index (Phi) is 6.23. The second-order valence-corrected chi connectivity index (χ2v) is 6.41. The van der Waals surface area contributed by atoms with Crippen LogP contribution >= 0.6 is 11.3 Å². The number of nitrogens with zero attached hydrogens (tertiary/aromatic N) is 4. The number of hydrogen-bond donors (Lipinski definition) is 2. The third kappa shape index (κ3) is 4.54. The van der Waals surface area contributed by atoms with Gasteiger partial charge in [0.1, 0.15) is 5.69 Å². The van der Waals surface area contributed by atoms with Crippen molar-refractivity contribution in [2.24, 2.45) is 10.2 Å². The van der Waals surface area contributed by atoms with Crippen LogP contribution in [0.4, 0.5) is 32.8 Å². The lowest BCUT2D eigenvalue weighted by Crippen LogP contribution is -2.21. The van der Waals surface area contributed by atoms with Crippen LogP contribution in [0.25, 0.3) is 0 Å². The van der Waals surface area contributed by atoms with Gasteiger partial charge in [-0.25, -0.2) is 0 Å². The molecule has 2 aromatic rings. The minimum atomic E-state index is -0.556. The molecular formula is C16H20N6O3S. The number of hydrogen-bond acceptors (Lipinski definition) is 8. The van der Waals surface area contributed by atoms with E-state index in [1.54, 1.807) is 12.1 Å². The first-order valence-electron chi connectivity index (χ1n) is 7.97. The summed E-state index contributed by atoms with van der Waals surface area (Å²) in [5.74, 6) is -0.246. The van der Waals surface area contributed by atoms with Crippen molar-refractivity contribution in [3.63, 3.8) is 0 Å². The van der Waals surface area contributed by atoms with Gasteiger partial charge in [0.15, 0.2) is 0 Å². The van der Waals surface area contributed by atoms with E-state index in [1.165, 1.54) is 13.0 Å². The summed E-state index contributed by atoms with van der Waals surface area (Å²) >= 11 is 0.977. The Bertz CT molecular complexity index is 845. The Balaban J connectivity index is 2.42. The Labute approximate surface area is 154 Å². The van der Waals surface area contributed by atoms with Crippen molar-refractivity contribution in [3.05, 3.63) is 34.4 Å². The van der Waals surface area contributed by atoms with E-state index in [2.05, 4.69) is 20.4 Å². The highest BCUT2D eigenvalue weighted by Gasteiger charge is 2.18. The zero-order valence-electron chi connectivity index (χ0n) is 14.7. The van der Waals surface area contributed by atoms with Crippen molar-refractivity contribution in [2.45, 2.75) is 20.8 Å². The van der Waals surface area contributed by atoms with Crippen molar-refractivity contribution < 1.29 is 9.72 Å². The normalized spacial score (nSPS) is 10.9. The van der Waals surface area contributed by atoms with E-state index >= 15 is 0 Å². The molecule has 138 valence electrons. The molecule has 0 aliphatic rings. The number of benzene rings is 1. The first kappa shape index (κ1) is 19.3. The topological polar surface area (TPSA) is 126 Å². The zero-order valence-corrected chi connectivity index (χ0v) is 15.5. The van der Waals surface area contributed by atoms with Gasteiger partial charge in [-0.1, -0.05) is 11.3 Å². The van der Waals surface area contributed by atoms with Crippen LogP contribution in [-0.2, 0) is 4.79 Å². The molecule has 0 saturated heterocycles. The van der Waals surface area contributed by atoms with Crippen LogP contribution in [0.5, 0.6) is 0 Å². The van der Waals surface area contributed by atoms with E-state index in [4.69, 9.17) is 5.73 Å². The minimum Gasteiger partial charge on any atom is -0.390 e. The molecule has 0 radical (unpaired) electrons. The molecule has 0 bridgehead atoms. The van der Waals surface area contributed by atoms with Gasteiger partial charge in [0.05, 0.1) is 21.7 Å². The van der Waals surface area contributed by atoms with Gasteiger partial charge in [-0.05, 0) is 32.0 Å². The van der Waals surface area contributed by atoms with Crippen molar-refractivity contribution >= 4 is 50.0 Å². The highest BCUT2D eigenvalue weighted by atomic mass is 32.1. The van der Waals surface area contributed by atoms with Gasteiger partial charge in [0.2, 0.25) is 10.9 Å². The van der Waals surface area contributed by atoms with E-state index in [0.29, 0.717) is 11.4 Å². The van der Waals surface area contributed by atoms with Crippen LogP contribution in [0.15, 0.2) is 34.5 Å². The summed E-state index contributed by atoms with van der Waals surface area (Å²) in [7, 11) is 0. The molecular weight excluding hydrogens is 356 g/mol. The number of amides is 1. The number of nitrogens with two attached hydrogens (primary N) is 1. The number of azo groups is 1. The van der Waals surface area contributed by atoms with Gasteiger partial charge in [0.25, 0.3) is 0 Å². The summed E-state index contributed by atoms with van der Waals surface area (Å²) in [6.45, 7) is 7.11. The number of nitrogens with one attached hydrogen (secondary N) is 1. The van der Waals surface area contributed by atoms with Gasteiger partial charge in [-0.15, -0.1) is 10.2 Å². The van der Waals surface area contributed by atoms with Gasteiger partial charge in [-0.3, -0.25) is 14.9 Å². The lowest BCUT2D eigenvalue weighted by molar-refractivity contribution is -0.383. The number of carbonyl (C=O) groups excluding carboxylic acids is 1. The molecule has 0 atom stereocenters. The molecule has 0 unspecified atom stereocenters. The lowest BCUT2D eigenvalue weighted by Gasteiger charge is -2.22. The monoisotopic (exact) mass is 376 g/mol. The molecule has 1 aromatic carbocycles. The maximum Gasteiger partial charge on any atom is 0.309 e. The number of thiophene rings is 1. The predicted molar refractivity (Wildman–Crippen MR) is 104 cm³/mol. The standard InChI is InChI=1S/C16H20N6O3S/c1-4-21(5-2)11-6-7-12(13(8-11)18-10(3)23)19-20-16-14(22(24)25)9-15(17)26-16/h6-9H,4-5,17H2,1-3H3,(H,18,23). The van der Waals surface area contributed by atoms with Gasteiger partial charge in [0, 0.05) is 25.7 Å². The highest BCUT2D eigenvalue weighted by molar-refractivity contribution is 7.20. The van der Waals surface area contributed by atoms with E-state index < -0.39 is 4.92 Å². The molecule has 1 amide bonds. The van der Waals surface area contributed by atoms with E-state index in [1.807, 2.05) is 19.9 Å². The third-order valence-electron chi connectivity index (χ3n) is 3.58. The summed E-state index contributed by atoms with van der Waals surface area (Å²) in [6, 6.07) is 6.63. The van der Waals surface area contributed by atoms with Crippen LogP contribution in [0.2, 0.25) is 0 Å². The third-order valence-corrected chi connectivity index (χ3v) is 4.41. The maximum atomic E-state index is 11.5. The van der Waals surface area contributed by atoms with Crippen molar-refractivity contribution in [1.82, 2.24) is 0 Å². The Morgan fingerprint density at radius 1 is 1.31 bits per heavy atom. The highest BCUT2D eigenvalue weighted by Crippen LogP contribution is 2.40. The van der Waals surface area contributed by atoms with Crippen LogP contribution in [0.1, 0.15) is 20.8 Å². The number of rotatable bonds is 7. The van der Waals surface area contributed by atoms with E-state index in [0.717, 1.165) is 30.1 Å². The summed E-state index contributed by atoms with van der Waals surface area (Å²) in [4.78, 5) is 24.1. The average molecular weight is 376 g/mol. The van der Waals surface area contributed by atoms with Crippen molar-refractivity contribution in [2.75, 3.05) is 29.0 Å². The minimum absolute atomic E-state index is 0.106. The number of carbonyl (C=O) groups is 1. The number of nitrogen functional groups attached to an aromatic ring is 1. The fourth-order valence-corrected chi connectivity index (χ4v) is 3.09. The zero-order chi connectivity index (χ0) is 19.3. The van der Waals surface area contributed by atoms with E-state index in [9.17, 15) is 14.9 Å². The van der Waals surface area contributed by atoms with Crippen LogP contribution in [-0.4, -0.2) is 23.9 Å². The molecule has 0 saturated carbocycles. The number of nitro groups is 1. The molecule has 1 aromatic heterocycles. The smallest absolute Gasteiger partial charge is 0.309 e. The molecule has 9 nitrogen and oxygen atoms in total. The molecule has 0 spiro atoms. The van der Waals surface area contributed by atoms with E-state index in [-0.39, 0.29) is 21.6 Å². The Hall–Kier alpha value is -3.01. The Morgan fingerprint density at radius 3 is 2.58 bits per heavy atom. The van der Waals surface area contributed by atoms with Gasteiger partial charge < -0.3 is 16.0 Å². The molecule has 2 rings (SSSR count). The fraction of sp³-hybridized carbons (Fsp3) is 0.312. The molecule has 10 heteroatoms. The van der Waals surface area contributed by atoms with Gasteiger partial charge >= 0.3 is 5.69 Å². The summed E-state index contributed by atoms with van der Waals surface area (Å²) in [5, 5.41) is 22.2. The molecule has 0 aliphatic carbocycles.